The number of methoxy groups -OCH3 is 1. The van der Waals surface area contributed by atoms with Gasteiger partial charge >= 0.3 is 0 Å². The minimum absolute atomic E-state index is 0.131. The molecule has 0 saturated carbocycles. The normalized spacial score (nSPS) is 13.2. The van der Waals surface area contributed by atoms with Gasteiger partial charge in [0.1, 0.15) is 18.0 Å². The largest absolute Gasteiger partial charge is 0.495 e. The molecule has 1 aliphatic rings. The highest BCUT2D eigenvalue weighted by Crippen LogP contribution is 2.27. The van der Waals surface area contributed by atoms with Crippen molar-refractivity contribution in [1.82, 2.24) is 5.01 Å². The number of nitrogens with one attached hydrogen (secondary N) is 1. The standard InChI is InChI=1S/C21H21ClN4O3S/c1-3-11-26-13-20(29-16-7-5-4-6-8-16)24-21(25-26)30-14-19(27)23-15-9-10-18(28-2)17(22)12-15/h3-10,12H,1,11,13-14H2,2H3,(H,23,27). The number of rotatable bonds is 7. The monoisotopic (exact) mass is 444 g/mol. The van der Waals surface area contributed by atoms with E-state index >= 15 is 0 Å². The molecule has 2 aromatic carbocycles. The zero-order valence-electron chi connectivity index (χ0n) is 16.4. The summed E-state index contributed by atoms with van der Waals surface area (Å²) in [4.78, 5) is 16.8. The van der Waals surface area contributed by atoms with E-state index in [2.05, 4.69) is 22.0 Å². The van der Waals surface area contributed by atoms with Crippen LogP contribution in [-0.4, -0.2) is 47.9 Å². The summed E-state index contributed by atoms with van der Waals surface area (Å²) < 4.78 is 11.0. The molecule has 0 radical (unpaired) electrons. The van der Waals surface area contributed by atoms with Crippen LogP contribution in [0.15, 0.2) is 71.3 Å². The van der Waals surface area contributed by atoms with Gasteiger partial charge in [-0.3, -0.25) is 9.80 Å². The number of amides is 1. The molecule has 1 heterocycles. The van der Waals surface area contributed by atoms with Crippen molar-refractivity contribution in [2.24, 2.45) is 10.1 Å². The molecule has 156 valence electrons. The molecule has 0 saturated heterocycles. The fourth-order valence-electron chi connectivity index (χ4n) is 2.54. The average Bonchev–Trinajstić information content (AvgIpc) is 2.73. The molecule has 1 amide bonds. The number of amidine groups is 1. The maximum atomic E-state index is 12.3. The Kier molecular flexibility index (Phi) is 7.75. The van der Waals surface area contributed by atoms with E-state index in [1.54, 1.807) is 29.3 Å². The average molecular weight is 445 g/mol. The molecule has 9 heteroatoms. The van der Waals surface area contributed by atoms with E-state index in [9.17, 15) is 4.79 Å². The molecule has 30 heavy (non-hydrogen) atoms. The highest BCUT2D eigenvalue weighted by molar-refractivity contribution is 8.14. The van der Waals surface area contributed by atoms with E-state index in [-0.39, 0.29) is 11.7 Å². The molecular formula is C21H21ClN4O3S. The quantitative estimate of drug-likeness (QED) is 0.645. The van der Waals surface area contributed by atoms with Gasteiger partial charge in [-0.25, -0.2) is 0 Å². The van der Waals surface area contributed by atoms with Crippen LogP contribution < -0.4 is 14.8 Å². The fourth-order valence-corrected chi connectivity index (χ4v) is 3.47. The second-order valence-electron chi connectivity index (χ2n) is 6.13. The minimum atomic E-state index is -0.203. The van der Waals surface area contributed by atoms with E-state index in [4.69, 9.17) is 21.1 Å². The third-order valence-electron chi connectivity index (χ3n) is 3.85. The molecule has 7 nitrogen and oxygen atoms in total. The number of hydrogen-bond acceptors (Lipinski definition) is 7. The molecule has 0 aromatic heterocycles. The molecule has 0 bridgehead atoms. The number of para-hydroxylation sites is 1. The first-order valence-corrected chi connectivity index (χ1v) is 10.4. The maximum Gasteiger partial charge on any atom is 0.234 e. The zero-order valence-corrected chi connectivity index (χ0v) is 17.9. The number of carbonyl (C=O) groups is 1. The van der Waals surface area contributed by atoms with Gasteiger partial charge in [0, 0.05) is 5.69 Å². The van der Waals surface area contributed by atoms with E-state index in [0.29, 0.717) is 46.4 Å². The third-order valence-corrected chi connectivity index (χ3v) is 4.98. The summed E-state index contributed by atoms with van der Waals surface area (Å²) in [5, 5.41) is 9.88. The number of nitrogens with zero attached hydrogens (tertiary/aromatic N) is 3. The third kappa shape index (κ3) is 6.27. The number of thioether (sulfide) groups is 1. The Morgan fingerprint density at radius 1 is 1.33 bits per heavy atom. The molecule has 0 aliphatic carbocycles. The Morgan fingerprint density at radius 2 is 2.13 bits per heavy atom. The zero-order chi connectivity index (χ0) is 21.3. The van der Waals surface area contributed by atoms with Crippen molar-refractivity contribution in [2.75, 3.05) is 31.3 Å². The lowest BCUT2D eigenvalue weighted by Gasteiger charge is -2.23. The summed E-state index contributed by atoms with van der Waals surface area (Å²) in [6.07, 6.45) is 1.75. The van der Waals surface area contributed by atoms with Crippen LogP contribution in [0, 0.1) is 0 Å². The SMILES string of the molecule is C=CCN1CC(Oc2ccccc2)=NC(SCC(=O)Nc2ccc(OC)c(Cl)c2)=N1. The first-order valence-electron chi connectivity index (χ1n) is 9.08. The molecule has 0 spiro atoms. The molecule has 3 rings (SSSR count). The second-order valence-corrected chi connectivity index (χ2v) is 7.47. The van der Waals surface area contributed by atoms with Crippen LogP contribution in [0.5, 0.6) is 11.5 Å². The van der Waals surface area contributed by atoms with Crippen LogP contribution in [0.3, 0.4) is 0 Å². The number of ether oxygens (including phenoxy) is 2. The number of anilines is 1. The van der Waals surface area contributed by atoms with Gasteiger partial charge < -0.3 is 14.8 Å². The van der Waals surface area contributed by atoms with E-state index in [1.165, 1.54) is 18.9 Å². The first kappa shape index (κ1) is 21.7. The fraction of sp³-hybridized carbons (Fsp3) is 0.190. The number of aliphatic imine (C=N–C) groups is 1. The molecule has 0 atom stereocenters. The van der Waals surface area contributed by atoms with Crippen molar-refractivity contribution >= 4 is 46.0 Å². The van der Waals surface area contributed by atoms with Gasteiger partial charge in [-0.05, 0) is 30.3 Å². The van der Waals surface area contributed by atoms with Gasteiger partial charge in [-0.1, -0.05) is 47.6 Å². The lowest BCUT2D eigenvalue weighted by Crippen LogP contribution is -2.33. The Balaban J connectivity index is 1.61. The summed E-state index contributed by atoms with van der Waals surface area (Å²) in [5.74, 6) is 1.67. The number of hydrazone groups is 1. The molecule has 0 unspecified atom stereocenters. The van der Waals surface area contributed by atoms with Crippen molar-refractivity contribution < 1.29 is 14.3 Å². The van der Waals surface area contributed by atoms with Gasteiger partial charge in [0.25, 0.3) is 0 Å². The van der Waals surface area contributed by atoms with Gasteiger partial charge in [0.2, 0.25) is 17.0 Å². The van der Waals surface area contributed by atoms with Crippen LogP contribution in [0.2, 0.25) is 5.02 Å². The number of benzene rings is 2. The van der Waals surface area contributed by atoms with Crippen LogP contribution in [-0.2, 0) is 4.79 Å². The smallest absolute Gasteiger partial charge is 0.234 e. The minimum Gasteiger partial charge on any atom is -0.495 e. The van der Waals surface area contributed by atoms with Gasteiger partial charge in [0.05, 0.1) is 24.4 Å². The topological polar surface area (TPSA) is 75.5 Å². The molecule has 1 N–H and O–H groups in total. The van der Waals surface area contributed by atoms with Crippen LogP contribution in [0.1, 0.15) is 0 Å². The summed E-state index contributed by atoms with van der Waals surface area (Å²) in [7, 11) is 1.53. The molecular weight excluding hydrogens is 424 g/mol. The second kappa shape index (κ2) is 10.7. The van der Waals surface area contributed by atoms with E-state index in [0.717, 1.165) is 0 Å². The lowest BCUT2D eigenvalue weighted by atomic mass is 10.3. The lowest BCUT2D eigenvalue weighted by molar-refractivity contribution is -0.113. The summed E-state index contributed by atoms with van der Waals surface area (Å²) in [6, 6.07) is 14.5. The maximum absolute atomic E-state index is 12.3. The first-order chi connectivity index (χ1) is 14.6. The van der Waals surface area contributed by atoms with Crippen molar-refractivity contribution in [3.8, 4) is 11.5 Å². The van der Waals surface area contributed by atoms with E-state index in [1.807, 2.05) is 30.3 Å². The van der Waals surface area contributed by atoms with Crippen molar-refractivity contribution in [2.45, 2.75) is 0 Å². The van der Waals surface area contributed by atoms with Crippen molar-refractivity contribution in [1.29, 1.82) is 0 Å². The number of hydrogen-bond donors (Lipinski definition) is 1. The Hall–Kier alpha value is -2.97. The Bertz CT molecular complexity index is 966. The predicted octanol–water partition coefficient (Wildman–Crippen LogP) is 4.27. The van der Waals surface area contributed by atoms with E-state index < -0.39 is 0 Å². The van der Waals surface area contributed by atoms with Gasteiger partial charge in [0.15, 0.2) is 0 Å². The highest BCUT2D eigenvalue weighted by atomic mass is 35.5. The van der Waals surface area contributed by atoms with Crippen LogP contribution in [0.25, 0.3) is 0 Å². The Labute approximate surface area is 184 Å². The molecule has 0 fully saturated rings. The Morgan fingerprint density at radius 3 is 2.83 bits per heavy atom. The molecule has 1 aliphatic heterocycles. The number of halogens is 1. The highest BCUT2D eigenvalue weighted by Gasteiger charge is 2.18. The van der Waals surface area contributed by atoms with Gasteiger partial charge in [-0.15, -0.1) is 11.7 Å². The van der Waals surface area contributed by atoms with Crippen LogP contribution in [0.4, 0.5) is 5.69 Å². The van der Waals surface area contributed by atoms with Crippen molar-refractivity contribution in [3.63, 3.8) is 0 Å². The molecule has 2 aromatic rings. The summed E-state index contributed by atoms with van der Waals surface area (Å²) in [5.41, 5.74) is 0.585. The van der Waals surface area contributed by atoms with Gasteiger partial charge in [-0.2, -0.15) is 4.99 Å². The van der Waals surface area contributed by atoms with Crippen molar-refractivity contribution in [3.05, 3.63) is 66.2 Å². The predicted molar refractivity (Wildman–Crippen MR) is 123 cm³/mol. The summed E-state index contributed by atoms with van der Waals surface area (Å²) >= 11 is 7.31. The number of carbonyl (C=O) groups excluding carboxylic acids is 1. The summed E-state index contributed by atoms with van der Waals surface area (Å²) in [6.45, 7) is 4.70. The van der Waals surface area contributed by atoms with Crippen LogP contribution >= 0.6 is 23.4 Å².